The van der Waals surface area contributed by atoms with E-state index < -0.39 is 0 Å². The number of aryl methyl sites for hydroxylation is 2. The van der Waals surface area contributed by atoms with Crippen molar-refractivity contribution in [3.63, 3.8) is 0 Å². The largest absolute Gasteiger partial charge is 0.489 e. The van der Waals surface area contributed by atoms with Crippen molar-refractivity contribution in [3.8, 4) is 5.75 Å². The summed E-state index contributed by atoms with van der Waals surface area (Å²) in [6, 6.07) is 4.41. The van der Waals surface area contributed by atoms with Crippen LogP contribution in [0.3, 0.4) is 0 Å². The predicted octanol–water partition coefficient (Wildman–Crippen LogP) is 4.54. The lowest BCUT2D eigenvalue weighted by Gasteiger charge is -2.21. The zero-order valence-electron chi connectivity index (χ0n) is 13.9. The molecule has 0 aliphatic rings. The second kappa shape index (κ2) is 6.94. The third-order valence-corrected chi connectivity index (χ3v) is 3.26. The molecule has 1 aromatic rings. The van der Waals surface area contributed by atoms with Crippen LogP contribution in [0.2, 0.25) is 0 Å². The Balaban J connectivity index is 2.78. The van der Waals surface area contributed by atoms with Crippen LogP contribution in [0.1, 0.15) is 50.8 Å². The Bertz CT molecular complexity index is 446. The second-order valence-electron chi connectivity index (χ2n) is 6.55. The van der Waals surface area contributed by atoms with E-state index in [2.05, 4.69) is 65.6 Å². The highest BCUT2D eigenvalue weighted by molar-refractivity contribution is 5.43. The molecule has 0 heterocycles. The van der Waals surface area contributed by atoms with Crippen LogP contribution >= 0.6 is 0 Å². The van der Waals surface area contributed by atoms with E-state index in [1.165, 1.54) is 16.7 Å². The Morgan fingerprint density at radius 3 is 2.20 bits per heavy atom. The number of nitrogens with one attached hydrogen (secondary N) is 1. The first kappa shape index (κ1) is 16.8. The smallest absolute Gasteiger partial charge is 0.125 e. The van der Waals surface area contributed by atoms with Crippen LogP contribution in [0.15, 0.2) is 24.3 Å². The molecular weight excluding hydrogens is 246 g/mol. The fourth-order valence-electron chi connectivity index (χ4n) is 2.01. The van der Waals surface area contributed by atoms with Gasteiger partial charge in [0, 0.05) is 12.1 Å². The Labute approximate surface area is 124 Å². The van der Waals surface area contributed by atoms with E-state index in [9.17, 15) is 0 Å². The Morgan fingerprint density at radius 2 is 1.75 bits per heavy atom. The summed E-state index contributed by atoms with van der Waals surface area (Å²) in [4.78, 5) is 0. The van der Waals surface area contributed by atoms with Gasteiger partial charge in [0.15, 0.2) is 0 Å². The number of rotatable bonds is 6. The highest BCUT2D eigenvalue weighted by atomic mass is 16.5. The molecule has 0 radical (unpaired) electrons. The molecule has 1 N–H and O–H groups in total. The molecule has 2 nitrogen and oxygen atoms in total. The van der Waals surface area contributed by atoms with Crippen LogP contribution in [0, 0.1) is 13.8 Å². The molecule has 0 amide bonds. The molecule has 0 saturated heterocycles. The van der Waals surface area contributed by atoms with Crippen molar-refractivity contribution in [2.24, 2.45) is 0 Å². The SMILES string of the molecule is C=C(CC)COc1c(C)cc(CNC(C)(C)C)cc1C. The number of hydrogen-bond donors (Lipinski definition) is 1. The monoisotopic (exact) mass is 275 g/mol. The first-order valence-corrected chi connectivity index (χ1v) is 7.37. The van der Waals surface area contributed by atoms with Crippen molar-refractivity contribution in [2.75, 3.05) is 6.61 Å². The average Bonchev–Trinajstić information content (AvgIpc) is 2.34. The molecule has 112 valence electrons. The summed E-state index contributed by atoms with van der Waals surface area (Å²) in [5.41, 5.74) is 4.95. The summed E-state index contributed by atoms with van der Waals surface area (Å²) in [7, 11) is 0. The predicted molar refractivity (Wildman–Crippen MR) is 87.4 cm³/mol. The van der Waals surface area contributed by atoms with Gasteiger partial charge >= 0.3 is 0 Å². The summed E-state index contributed by atoms with van der Waals surface area (Å²) in [6.45, 7) is 18.3. The van der Waals surface area contributed by atoms with Gasteiger partial charge in [0.25, 0.3) is 0 Å². The molecule has 0 aromatic heterocycles. The van der Waals surface area contributed by atoms with Crippen LogP contribution < -0.4 is 10.1 Å². The van der Waals surface area contributed by atoms with Crippen LogP contribution in [0.5, 0.6) is 5.75 Å². The van der Waals surface area contributed by atoms with Crippen molar-refractivity contribution >= 4 is 0 Å². The highest BCUT2D eigenvalue weighted by Crippen LogP contribution is 2.25. The molecule has 0 aliphatic heterocycles. The number of hydrogen-bond acceptors (Lipinski definition) is 2. The summed E-state index contributed by atoms with van der Waals surface area (Å²) in [5.74, 6) is 0.999. The molecule has 0 atom stereocenters. The quantitative estimate of drug-likeness (QED) is 0.770. The first-order chi connectivity index (χ1) is 9.23. The average molecular weight is 275 g/mol. The Hall–Kier alpha value is -1.28. The maximum atomic E-state index is 5.90. The molecule has 0 unspecified atom stereocenters. The zero-order valence-corrected chi connectivity index (χ0v) is 13.9. The lowest BCUT2D eigenvalue weighted by molar-refractivity contribution is 0.344. The second-order valence-corrected chi connectivity index (χ2v) is 6.55. The lowest BCUT2D eigenvalue weighted by Crippen LogP contribution is -2.35. The topological polar surface area (TPSA) is 21.3 Å². The minimum Gasteiger partial charge on any atom is -0.489 e. The standard InChI is InChI=1S/C18H29NO/c1-8-13(2)12-20-17-14(3)9-16(10-15(17)4)11-19-18(5,6)7/h9-10,19H,2,8,11-12H2,1,3-7H3. The summed E-state index contributed by atoms with van der Waals surface area (Å²) >= 11 is 0. The van der Waals surface area contributed by atoms with E-state index in [1.807, 2.05) is 0 Å². The van der Waals surface area contributed by atoms with Crippen LogP contribution in [-0.2, 0) is 6.54 Å². The Morgan fingerprint density at radius 1 is 1.20 bits per heavy atom. The molecule has 0 aliphatic carbocycles. The normalized spacial score (nSPS) is 11.5. The molecule has 0 fully saturated rings. The summed E-state index contributed by atoms with van der Waals surface area (Å²) < 4.78 is 5.90. The maximum Gasteiger partial charge on any atom is 0.125 e. The van der Waals surface area contributed by atoms with Crippen molar-refractivity contribution in [2.45, 2.75) is 60.0 Å². The summed E-state index contributed by atoms with van der Waals surface area (Å²) in [5, 5.41) is 3.52. The van der Waals surface area contributed by atoms with E-state index in [4.69, 9.17) is 4.74 Å². The molecule has 1 aromatic carbocycles. The molecular formula is C18H29NO. The number of ether oxygens (including phenoxy) is 1. The van der Waals surface area contributed by atoms with E-state index in [-0.39, 0.29) is 5.54 Å². The van der Waals surface area contributed by atoms with Gasteiger partial charge in [0.2, 0.25) is 0 Å². The highest BCUT2D eigenvalue weighted by Gasteiger charge is 2.11. The van der Waals surface area contributed by atoms with Crippen LogP contribution in [0.25, 0.3) is 0 Å². The van der Waals surface area contributed by atoms with Crippen LogP contribution in [-0.4, -0.2) is 12.1 Å². The van der Waals surface area contributed by atoms with Crippen molar-refractivity contribution in [1.29, 1.82) is 0 Å². The van der Waals surface area contributed by atoms with E-state index in [0.29, 0.717) is 6.61 Å². The zero-order chi connectivity index (χ0) is 15.3. The van der Waals surface area contributed by atoms with E-state index in [0.717, 1.165) is 24.3 Å². The Kier molecular flexibility index (Phi) is 5.82. The fraction of sp³-hybridized carbons (Fsp3) is 0.556. The molecule has 1 rings (SSSR count). The first-order valence-electron chi connectivity index (χ1n) is 7.37. The van der Waals surface area contributed by atoms with Gasteiger partial charge in [-0.2, -0.15) is 0 Å². The minimum absolute atomic E-state index is 0.135. The minimum atomic E-state index is 0.135. The van der Waals surface area contributed by atoms with Crippen molar-refractivity contribution < 1.29 is 4.74 Å². The van der Waals surface area contributed by atoms with Gasteiger partial charge in [-0.3, -0.25) is 0 Å². The van der Waals surface area contributed by atoms with Gasteiger partial charge in [-0.1, -0.05) is 25.6 Å². The third kappa shape index (κ3) is 5.38. The lowest BCUT2D eigenvalue weighted by atomic mass is 10.0. The molecule has 0 saturated carbocycles. The van der Waals surface area contributed by atoms with Gasteiger partial charge in [-0.15, -0.1) is 0 Å². The number of benzene rings is 1. The van der Waals surface area contributed by atoms with Crippen molar-refractivity contribution in [1.82, 2.24) is 5.32 Å². The van der Waals surface area contributed by atoms with Gasteiger partial charge in [0.1, 0.15) is 12.4 Å². The molecule has 2 heteroatoms. The van der Waals surface area contributed by atoms with Gasteiger partial charge in [-0.05, 0) is 63.3 Å². The van der Waals surface area contributed by atoms with Gasteiger partial charge in [-0.25, -0.2) is 0 Å². The van der Waals surface area contributed by atoms with E-state index >= 15 is 0 Å². The fourth-order valence-corrected chi connectivity index (χ4v) is 2.01. The maximum absolute atomic E-state index is 5.90. The molecule has 0 spiro atoms. The summed E-state index contributed by atoms with van der Waals surface area (Å²) in [6.07, 6.45) is 0.964. The van der Waals surface area contributed by atoms with Gasteiger partial charge in [0.05, 0.1) is 0 Å². The third-order valence-electron chi connectivity index (χ3n) is 3.26. The molecule has 0 bridgehead atoms. The van der Waals surface area contributed by atoms with Crippen molar-refractivity contribution in [3.05, 3.63) is 41.0 Å². The molecule has 20 heavy (non-hydrogen) atoms. The van der Waals surface area contributed by atoms with E-state index in [1.54, 1.807) is 0 Å². The van der Waals surface area contributed by atoms with Crippen LogP contribution in [0.4, 0.5) is 0 Å². The van der Waals surface area contributed by atoms with Gasteiger partial charge < -0.3 is 10.1 Å².